The van der Waals surface area contributed by atoms with Crippen LogP contribution < -0.4 is 10.9 Å². The molecular weight excluding hydrogens is 358 g/mol. The smallest absolute Gasteiger partial charge is 0.276 e. The number of carbonyl (C=O) groups is 1. The van der Waals surface area contributed by atoms with E-state index < -0.39 is 0 Å². The van der Waals surface area contributed by atoms with Crippen molar-refractivity contribution < 1.29 is 4.79 Å². The first-order valence-corrected chi connectivity index (χ1v) is 9.52. The molecule has 0 aliphatic rings. The SMILES string of the molecule is Cc1ccc(C)c(NC(=O)Cn2nc(C)c3sc4ccccc4c3c2=O)c1. The fourth-order valence-corrected chi connectivity index (χ4v) is 4.35. The molecule has 0 atom stereocenters. The van der Waals surface area contributed by atoms with Crippen LogP contribution in [0.2, 0.25) is 0 Å². The Labute approximate surface area is 160 Å². The third kappa shape index (κ3) is 3.13. The minimum atomic E-state index is -0.267. The van der Waals surface area contributed by atoms with Crippen molar-refractivity contribution in [3.63, 3.8) is 0 Å². The van der Waals surface area contributed by atoms with Crippen molar-refractivity contribution >= 4 is 43.1 Å². The Morgan fingerprint density at radius 2 is 1.93 bits per heavy atom. The second-order valence-electron chi connectivity index (χ2n) is 6.72. The molecule has 0 saturated heterocycles. The van der Waals surface area contributed by atoms with Gasteiger partial charge in [0.2, 0.25) is 5.91 Å². The Balaban J connectivity index is 1.72. The summed E-state index contributed by atoms with van der Waals surface area (Å²) in [5.41, 5.74) is 3.32. The van der Waals surface area contributed by atoms with Gasteiger partial charge in [-0.1, -0.05) is 30.3 Å². The van der Waals surface area contributed by atoms with E-state index in [2.05, 4.69) is 10.4 Å². The third-order valence-corrected chi connectivity index (χ3v) is 5.88. The van der Waals surface area contributed by atoms with Crippen molar-refractivity contribution in [2.45, 2.75) is 27.3 Å². The molecule has 0 radical (unpaired) electrons. The Morgan fingerprint density at radius 3 is 2.74 bits per heavy atom. The first-order chi connectivity index (χ1) is 12.9. The van der Waals surface area contributed by atoms with Crippen LogP contribution in [0.1, 0.15) is 16.8 Å². The number of aromatic nitrogens is 2. The minimum Gasteiger partial charge on any atom is -0.324 e. The predicted octanol–water partition coefficient (Wildman–Crippen LogP) is 4.18. The second-order valence-corrected chi connectivity index (χ2v) is 7.77. The number of amides is 1. The molecule has 0 aliphatic carbocycles. The molecule has 1 N–H and O–H groups in total. The largest absolute Gasteiger partial charge is 0.324 e. The van der Waals surface area contributed by atoms with Gasteiger partial charge in [0.05, 0.1) is 15.8 Å². The van der Waals surface area contributed by atoms with Crippen LogP contribution in [0.4, 0.5) is 5.69 Å². The molecule has 0 fully saturated rings. The van der Waals surface area contributed by atoms with Crippen molar-refractivity contribution in [1.29, 1.82) is 0 Å². The number of hydrogen-bond donors (Lipinski definition) is 1. The van der Waals surface area contributed by atoms with Crippen LogP contribution in [0.25, 0.3) is 20.2 Å². The number of anilines is 1. The van der Waals surface area contributed by atoms with E-state index in [4.69, 9.17) is 0 Å². The number of nitrogens with zero attached hydrogens (tertiary/aromatic N) is 2. The fraction of sp³-hybridized carbons (Fsp3) is 0.190. The Morgan fingerprint density at radius 1 is 1.15 bits per heavy atom. The van der Waals surface area contributed by atoms with E-state index in [9.17, 15) is 9.59 Å². The zero-order chi connectivity index (χ0) is 19.1. The Bertz CT molecular complexity index is 1250. The van der Waals surface area contributed by atoms with Crippen LogP contribution in [0.5, 0.6) is 0 Å². The van der Waals surface area contributed by atoms with Gasteiger partial charge in [0.25, 0.3) is 5.56 Å². The average Bonchev–Trinajstić information content (AvgIpc) is 3.03. The standard InChI is InChI=1S/C21H19N3O2S/c1-12-8-9-13(2)16(10-12)22-18(25)11-24-21(26)19-15-6-4-5-7-17(15)27-20(19)14(3)23-24/h4-10H,11H2,1-3H3,(H,22,25). The Kier molecular flexibility index (Phi) is 4.28. The van der Waals surface area contributed by atoms with Crippen molar-refractivity contribution in [2.24, 2.45) is 0 Å². The lowest BCUT2D eigenvalue weighted by atomic mass is 10.1. The predicted molar refractivity (Wildman–Crippen MR) is 111 cm³/mol. The molecule has 5 nitrogen and oxygen atoms in total. The van der Waals surface area contributed by atoms with Crippen LogP contribution in [-0.2, 0) is 11.3 Å². The second kappa shape index (κ2) is 6.63. The van der Waals surface area contributed by atoms with Crippen molar-refractivity contribution in [2.75, 3.05) is 5.32 Å². The molecule has 0 unspecified atom stereocenters. The summed E-state index contributed by atoms with van der Waals surface area (Å²) in [6.07, 6.45) is 0. The number of nitrogens with one attached hydrogen (secondary N) is 1. The summed E-state index contributed by atoms with van der Waals surface area (Å²) in [7, 11) is 0. The third-order valence-electron chi connectivity index (χ3n) is 4.60. The van der Waals surface area contributed by atoms with Gasteiger partial charge >= 0.3 is 0 Å². The number of thiophene rings is 1. The number of hydrogen-bond acceptors (Lipinski definition) is 4. The Hall–Kier alpha value is -2.99. The molecular formula is C21H19N3O2S. The summed E-state index contributed by atoms with van der Waals surface area (Å²) in [5, 5.41) is 8.82. The van der Waals surface area contributed by atoms with Crippen LogP contribution in [0, 0.1) is 20.8 Å². The molecule has 4 aromatic rings. The number of benzene rings is 2. The molecule has 27 heavy (non-hydrogen) atoms. The summed E-state index contributed by atoms with van der Waals surface area (Å²) < 4.78 is 3.19. The number of fused-ring (bicyclic) bond motifs is 3. The summed E-state index contributed by atoms with van der Waals surface area (Å²) in [6.45, 7) is 5.66. The average molecular weight is 377 g/mol. The van der Waals surface area contributed by atoms with E-state index in [0.29, 0.717) is 5.39 Å². The topological polar surface area (TPSA) is 64.0 Å². The van der Waals surface area contributed by atoms with Crippen LogP contribution in [0.15, 0.2) is 47.3 Å². The van der Waals surface area contributed by atoms with Gasteiger partial charge in [0.1, 0.15) is 6.54 Å². The molecule has 1 amide bonds. The summed E-state index contributed by atoms with van der Waals surface area (Å²) in [6, 6.07) is 13.7. The molecule has 0 aliphatic heterocycles. The highest BCUT2D eigenvalue weighted by Crippen LogP contribution is 2.32. The molecule has 0 bridgehead atoms. The summed E-state index contributed by atoms with van der Waals surface area (Å²) in [4.78, 5) is 25.5. The lowest BCUT2D eigenvalue weighted by molar-refractivity contribution is -0.117. The molecule has 136 valence electrons. The summed E-state index contributed by atoms with van der Waals surface area (Å²) >= 11 is 1.56. The minimum absolute atomic E-state index is 0.118. The molecule has 2 aromatic heterocycles. The maximum Gasteiger partial charge on any atom is 0.276 e. The molecule has 2 aromatic carbocycles. The van der Waals surface area contributed by atoms with Gasteiger partial charge in [-0.25, -0.2) is 4.68 Å². The number of aryl methyl sites for hydroxylation is 3. The zero-order valence-corrected chi connectivity index (χ0v) is 16.2. The van der Waals surface area contributed by atoms with Gasteiger partial charge in [-0.15, -0.1) is 11.3 Å². The molecule has 0 spiro atoms. The van der Waals surface area contributed by atoms with E-state index in [1.165, 1.54) is 4.68 Å². The van der Waals surface area contributed by atoms with Gasteiger partial charge in [-0.3, -0.25) is 9.59 Å². The van der Waals surface area contributed by atoms with Crippen LogP contribution >= 0.6 is 11.3 Å². The van der Waals surface area contributed by atoms with Crippen molar-refractivity contribution in [3.05, 3.63) is 69.6 Å². The normalized spacial score (nSPS) is 11.2. The van der Waals surface area contributed by atoms with Gasteiger partial charge in [0.15, 0.2) is 0 Å². The summed E-state index contributed by atoms with van der Waals surface area (Å²) in [5.74, 6) is -0.267. The molecule has 2 heterocycles. The highest BCUT2D eigenvalue weighted by Gasteiger charge is 2.16. The van der Waals surface area contributed by atoms with E-state index >= 15 is 0 Å². The van der Waals surface area contributed by atoms with Gasteiger partial charge in [-0.05, 0) is 44.0 Å². The molecule has 0 saturated carbocycles. The van der Waals surface area contributed by atoms with E-state index in [-0.39, 0.29) is 18.0 Å². The van der Waals surface area contributed by atoms with E-state index in [1.807, 2.05) is 63.2 Å². The monoisotopic (exact) mass is 377 g/mol. The van der Waals surface area contributed by atoms with Crippen molar-refractivity contribution in [1.82, 2.24) is 9.78 Å². The fourth-order valence-electron chi connectivity index (χ4n) is 3.22. The van der Waals surface area contributed by atoms with Gasteiger partial charge < -0.3 is 5.32 Å². The van der Waals surface area contributed by atoms with E-state index in [0.717, 1.165) is 37.3 Å². The van der Waals surface area contributed by atoms with Crippen molar-refractivity contribution in [3.8, 4) is 0 Å². The highest BCUT2D eigenvalue weighted by atomic mass is 32.1. The molecule has 4 rings (SSSR count). The maximum absolute atomic E-state index is 13.0. The maximum atomic E-state index is 13.0. The number of rotatable bonds is 3. The number of carbonyl (C=O) groups excluding carboxylic acids is 1. The lowest BCUT2D eigenvalue weighted by Crippen LogP contribution is -2.30. The highest BCUT2D eigenvalue weighted by molar-refractivity contribution is 7.26. The first-order valence-electron chi connectivity index (χ1n) is 8.70. The lowest BCUT2D eigenvalue weighted by Gasteiger charge is -2.11. The van der Waals surface area contributed by atoms with Gasteiger partial charge in [-0.2, -0.15) is 5.10 Å². The van der Waals surface area contributed by atoms with Crippen LogP contribution in [-0.4, -0.2) is 15.7 Å². The van der Waals surface area contributed by atoms with E-state index in [1.54, 1.807) is 11.3 Å². The molecule has 6 heteroatoms. The first kappa shape index (κ1) is 17.4. The quantitative estimate of drug-likeness (QED) is 0.583. The van der Waals surface area contributed by atoms with Crippen LogP contribution in [0.3, 0.4) is 0 Å². The van der Waals surface area contributed by atoms with Gasteiger partial charge in [0, 0.05) is 15.8 Å². The zero-order valence-electron chi connectivity index (χ0n) is 15.4.